The van der Waals surface area contributed by atoms with Gasteiger partial charge in [0.25, 0.3) is 0 Å². The predicted molar refractivity (Wildman–Crippen MR) is 125 cm³/mol. The van der Waals surface area contributed by atoms with Crippen LogP contribution in [-0.2, 0) is 0 Å². The SMILES string of the molecule is CCOc1c(C(C)c2ncc3c(Cl)nccn23)cc(Cl)c(C)c1-c1ccc(OC)cc1. The van der Waals surface area contributed by atoms with Gasteiger partial charge in [-0.25, -0.2) is 9.97 Å². The summed E-state index contributed by atoms with van der Waals surface area (Å²) in [6.07, 6.45) is 5.27. The number of hydrogen-bond acceptors (Lipinski definition) is 4. The van der Waals surface area contributed by atoms with Gasteiger partial charge in [-0.3, -0.25) is 4.40 Å². The third-order valence-electron chi connectivity index (χ3n) is 5.47. The van der Waals surface area contributed by atoms with Crippen molar-refractivity contribution in [3.8, 4) is 22.6 Å². The van der Waals surface area contributed by atoms with Crippen LogP contribution in [-0.4, -0.2) is 28.1 Å². The molecule has 0 fully saturated rings. The molecule has 0 amide bonds. The minimum atomic E-state index is -0.0994. The standard InChI is InChI=1S/C24H23Cl2N3O2/c1-5-31-22-18(14(2)24-28-13-20-23(26)27-10-11-29(20)24)12-19(25)15(3)21(22)16-6-8-17(30-4)9-7-16/h6-14H,5H2,1-4H3. The number of rotatable bonds is 6. The smallest absolute Gasteiger partial charge is 0.154 e. The highest BCUT2D eigenvalue weighted by Gasteiger charge is 2.25. The molecule has 0 aliphatic heterocycles. The third kappa shape index (κ3) is 3.84. The van der Waals surface area contributed by atoms with Gasteiger partial charge in [-0.2, -0.15) is 0 Å². The first-order valence-corrected chi connectivity index (χ1v) is 10.8. The van der Waals surface area contributed by atoms with Crippen LogP contribution in [0.1, 0.15) is 36.7 Å². The van der Waals surface area contributed by atoms with Crippen LogP contribution >= 0.6 is 23.2 Å². The molecule has 0 saturated carbocycles. The largest absolute Gasteiger partial charge is 0.497 e. The molecule has 31 heavy (non-hydrogen) atoms. The molecule has 0 N–H and O–H groups in total. The fourth-order valence-corrected chi connectivity index (χ4v) is 4.25. The molecule has 2 aromatic carbocycles. The van der Waals surface area contributed by atoms with Crippen molar-refractivity contribution in [1.82, 2.24) is 14.4 Å². The molecule has 1 unspecified atom stereocenters. The number of fused-ring (bicyclic) bond motifs is 1. The molecule has 1 atom stereocenters. The van der Waals surface area contributed by atoms with Crippen LogP contribution in [0.5, 0.6) is 11.5 Å². The number of benzene rings is 2. The molecule has 4 aromatic rings. The van der Waals surface area contributed by atoms with Crippen molar-refractivity contribution in [2.75, 3.05) is 13.7 Å². The molecule has 5 nitrogen and oxygen atoms in total. The van der Waals surface area contributed by atoms with Gasteiger partial charge in [0.05, 0.1) is 19.9 Å². The van der Waals surface area contributed by atoms with Crippen molar-refractivity contribution >= 4 is 28.7 Å². The summed E-state index contributed by atoms with van der Waals surface area (Å²) in [5, 5.41) is 1.09. The molecule has 0 aliphatic rings. The first-order valence-electron chi connectivity index (χ1n) is 10.0. The van der Waals surface area contributed by atoms with Gasteiger partial charge in [0.1, 0.15) is 22.8 Å². The summed E-state index contributed by atoms with van der Waals surface area (Å²) in [5.74, 6) is 2.33. The van der Waals surface area contributed by atoms with Crippen molar-refractivity contribution in [2.24, 2.45) is 0 Å². The van der Waals surface area contributed by atoms with Gasteiger partial charge in [0.15, 0.2) is 5.15 Å². The highest BCUT2D eigenvalue weighted by molar-refractivity contribution is 6.32. The summed E-state index contributed by atoms with van der Waals surface area (Å²) in [4.78, 5) is 8.78. The van der Waals surface area contributed by atoms with Gasteiger partial charge in [0.2, 0.25) is 0 Å². The van der Waals surface area contributed by atoms with Gasteiger partial charge < -0.3 is 9.47 Å². The van der Waals surface area contributed by atoms with E-state index in [1.165, 1.54) is 0 Å². The summed E-state index contributed by atoms with van der Waals surface area (Å²) in [6.45, 7) is 6.61. The van der Waals surface area contributed by atoms with E-state index < -0.39 is 0 Å². The lowest BCUT2D eigenvalue weighted by Crippen LogP contribution is -2.08. The molecule has 0 radical (unpaired) electrons. The molecule has 7 heteroatoms. The number of ether oxygens (including phenoxy) is 2. The van der Waals surface area contributed by atoms with Gasteiger partial charge in [-0.1, -0.05) is 42.3 Å². The zero-order chi connectivity index (χ0) is 22.1. The molecule has 4 rings (SSSR count). The average Bonchev–Trinajstić information content (AvgIpc) is 3.22. The maximum Gasteiger partial charge on any atom is 0.154 e. The van der Waals surface area contributed by atoms with Crippen LogP contribution in [0.2, 0.25) is 10.2 Å². The van der Waals surface area contributed by atoms with Crippen molar-refractivity contribution < 1.29 is 9.47 Å². The number of nitrogens with zero attached hydrogens (tertiary/aromatic N) is 3. The molecular weight excluding hydrogens is 433 g/mol. The van der Waals surface area contributed by atoms with Crippen molar-refractivity contribution in [1.29, 1.82) is 0 Å². The Morgan fingerprint density at radius 1 is 1.13 bits per heavy atom. The maximum absolute atomic E-state index is 6.71. The number of hydrogen-bond donors (Lipinski definition) is 0. The second kappa shape index (κ2) is 8.77. The average molecular weight is 456 g/mol. The second-order valence-electron chi connectivity index (χ2n) is 7.25. The van der Waals surface area contributed by atoms with Crippen LogP contribution < -0.4 is 9.47 Å². The van der Waals surface area contributed by atoms with Crippen LogP contribution in [0, 0.1) is 6.92 Å². The Kier molecular flexibility index (Phi) is 6.08. The van der Waals surface area contributed by atoms with Crippen LogP contribution in [0.25, 0.3) is 16.6 Å². The van der Waals surface area contributed by atoms with Crippen LogP contribution in [0.3, 0.4) is 0 Å². The zero-order valence-corrected chi connectivity index (χ0v) is 19.3. The number of aromatic nitrogens is 3. The van der Waals surface area contributed by atoms with E-state index in [1.54, 1.807) is 19.5 Å². The summed E-state index contributed by atoms with van der Waals surface area (Å²) in [5.41, 5.74) is 4.67. The Hall–Kier alpha value is -2.76. The quantitative estimate of drug-likeness (QED) is 0.329. The Morgan fingerprint density at radius 3 is 2.55 bits per heavy atom. The topological polar surface area (TPSA) is 48.7 Å². The molecule has 0 aliphatic carbocycles. The van der Waals surface area contributed by atoms with Crippen molar-refractivity contribution in [3.63, 3.8) is 0 Å². The summed E-state index contributed by atoms with van der Waals surface area (Å²) < 4.78 is 13.5. The highest BCUT2D eigenvalue weighted by Crippen LogP contribution is 2.44. The van der Waals surface area contributed by atoms with Gasteiger partial charge in [-0.05, 0) is 43.2 Å². The van der Waals surface area contributed by atoms with Gasteiger partial charge >= 0.3 is 0 Å². The summed E-state index contributed by atoms with van der Waals surface area (Å²) in [6, 6.07) is 9.89. The van der Waals surface area contributed by atoms with E-state index in [0.717, 1.165) is 45.1 Å². The molecule has 0 spiro atoms. The summed E-state index contributed by atoms with van der Waals surface area (Å²) in [7, 11) is 1.65. The Morgan fingerprint density at radius 2 is 1.87 bits per heavy atom. The normalized spacial score (nSPS) is 12.2. The zero-order valence-electron chi connectivity index (χ0n) is 17.8. The molecule has 160 valence electrons. The molecule has 0 saturated heterocycles. The van der Waals surface area contributed by atoms with Gasteiger partial charge in [-0.15, -0.1) is 0 Å². The minimum Gasteiger partial charge on any atom is -0.497 e. The van der Waals surface area contributed by atoms with E-state index in [9.17, 15) is 0 Å². The van der Waals surface area contributed by atoms with Crippen molar-refractivity contribution in [2.45, 2.75) is 26.7 Å². The number of imidazole rings is 1. The molecular formula is C24H23Cl2N3O2. The first kappa shape index (κ1) is 21.5. The number of methoxy groups -OCH3 is 1. The van der Waals surface area contributed by atoms with E-state index in [4.69, 9.17) is 32.7 Å². The molecule has 2 aromatic heterocycles. The lowest BCUT2D eigenvalue weighted by Gasteiger charge is -2.22. The van der Waals surface area contributed by atoms with Crippen LogP contribution in [0.4, 0.5) is 0 Å². The molecule has 2 heterocycles. The van der Waals surface area contributed by atoms with Crippen molar-refractivity contribution in [3.05, 3.63) is 76.0 Å². The third-order valence-corrected chi connectivity index (χ3v) is 6.15. The summed E-state index contributed by atoms with van der Waals surface area (Å²) >= 11 is 13.0. The highest BCUT2D eigenvalue weighted by atomic mass is 35.5. The first-order chi connectivity index (χ1) is 15.0. The molecule has 0 bridgehead atoms. The lowest BCUT2D eigenvalue weighted by atomic mass is 9.90. The van der Waals surface area contributed by atoms with E-state index in [-0.39, 0.29) is 5.92 Å². The maximum atomic E-state index is 6.71. The Balaban J connectivity index is 1.92. The van der Waals surface area contributed by atoms with E-state index in [1.807, 2.05) is 54.8 Å². The monoisotopic (exact) mass is 455 g/mol. The van der Waals surface area contributed by atoms with Crippen LogP contribution in [0.15, 0.2) is 48.9 Å². The van der Waals surface area contributed by atoms with E-state index >= 15 is 0 Å². The van der Waals surface area contributed by atoms with E-state index in [0.29, 0.717) is 16.8 Å². The lowest BCUT2D eigenvalue weighted by molar-refractivity contribution is 0.336. The fraction of sp³-hybridized carbons (Fsp3) is 0.250. The minimum absolute atomic E-state index is 0.0994. The Bertz CT molecular complexity index is 1240. The second-order valence-corrected chi connectivity index (χ2v) is 8.01. The fourth-order valence-electron chi connectivity index (χ4n) is 3.85. The predicted octanol–water partition coefficient (Wildman–Crippen LogP) is 6.57. The number of halogens is 2. The Labute approximate surface area is 191 Å². The van der Waals surface area contributed by atoms with E-state index in [2.05, 4.69) is 16.9 Å². The van der Waals surface area contributed by atoms with Gasteiger partial charge in [0, 0.05) is 34.5 Å².